The fourth-order valence-electron chi connectivity index (χ4n) is 5.19. The van der Waals surface area contributed by atoms with Crippen molar-refractivity contribution in [3.63, 3.8) is 0 Å². The van der Waals surface area contributed by atoms with Crippen molar-refractivity contribution in [3.05, 3.63) is 76.9 Å². The Bertz CT molecular complexity index is 1930. The Kier molecular flexibility index (Phi) is 17.3. The third kappa shape index (κ3) is 12.8. The van der Waals surface area contributed by atoms with Crippen LogP contribution in [0.25, 0.3) is 0 Å². The molecule has 0 spiro atoms. The third-order valence-corrected chi connectivity index (χ3v) is 9.94. The number of carbonyl (C=O) groups excluding carboxylic acids is 9. The van der Waals surface area contributed by atoms with Crippen LogP contribution in [0.1, 0.15) is 36.6 Å². The highest BCUT2D eigenvalue weighted by molar-refractivity contribution is 8.15. The SMILES string of the molecule is COc1cc(C=O)ccc1OCCN1C(=O)COC1=O.COc1cc(C=O)ccc1OCCN1C(=O)CSC1=O.Cc1cc(C=O)ccc1OCCN1C(=O)CSC1=O. The van der Waals surface area contributed by atoms with Crippen molar-refractivity contribution in [3.8, 4) is 28.7 Å². The largest absolute Gasteiger partial charge is 0.493 e. The topological polar surface area (TPSA) is 219 Å². The van der Waals surface area contributed by atoms with E-state index in [1.54, 1.807) is 48.5 Å². The lowest BCUT2D eigenvalue weighted by atomic mass is 10.1. The number of methoxy groups -OCH3 is 2. The van der Waals surface area contributed by atoms with Crippen LogP contribution in [-0.4, -0.2) is 140 Å². The first-order valence-electron chi connectivity index (χ1n) is 17.5. The first-order chi connectivity index (χ1) is 28.4. The molecule has 3 aromatic rings. The normalized spacial score (nSPS) is 14.5. The summed E-state index contributed by atoms with van der Waals surface area (Å²) in [5, 5.41) is -0.469. The first-order valence-corrected chi connectivity index (χ1v) is 19.5. The lowest BCUT2D eigenvalue weighted by molar-refractivity contribution is -0.126. The Balaban J connectivity index is 0.000000196. The predicted molar refractivity (Wildman–Crippen MR) is 212 cm³/mol. The molecular formula is C39H39N3O15S2. The van der Waals surface area contributed by atoms with Gasteiger partial charge in [-0.15, -0.1) is 0 Å². The maximum atomic E-state index is 11.4. The third-order valence-electron chi connectivity index (χ3n) is 8.22. The van der Waals surface area contributed by atoms with E-state index < -0.39 is 6.09 Å². The molecule has 0 atom stereocenters. The average molecular weight is 854 g/mol. The van der Waals surface area contributed by atoms with Gasteiger partial charge in [-0.2, -0.15) is 0 Å². The highest BCUT2D eigenvalue weighted by atomic mass is 32.2. The maximum absolute atomic E-state index is 11.4. The van der Waals surface area contributed by atoms with Gasteiger partial charge in [-0.1, -0.05) is 23.5 Å². The van der Waals surface area contributed by atoms with Gasteiger partial charge in [0.1, 0.15) is 44.4 Å². The number of aldehydes is 3. The number of amides is 6. The molecule has 6 amide bonds. The number of rotatable bonds is 17. The van der Waals surface area contributed by atoms with Gasteiger partial charge in [-0.05, 0) is 67.1 Å². The number of aryl methyl sites for hydroxylation is 1. The minimum absolute atomic E-state index is 0.0935. The van der Waals surface area contributed by atoms with Crippen LogP contribution < -0.4 is 23.7 Å². The van der Waals surface area contributed by atoms with Crippen molar-refractivity contribution in [2.24, 2.45) is 0 Å². The van der Waals surface area contributed by atoms with Gasteiger partial charge in [-0.25, -0.2) is 9.69 Å². The fourth-order valence-corrected chi connectivity index (χ4v) is 6.70. The quantitative estimate of drug-likeness (QED) is 0.173. The Labute approximate surface area is 346 Å². The summed E-state index contributed by atoms with van der Waals surface area (Å²) in [6, 6.07) is 14.6. The number of hydrogen-bond donors (Lipinski definition) is 0. The van der Waals surface area contributed by atoms with E-state index in [9.17, 15) is 43.2 Å². The molecule has 3 aromatic carbocycles. The first kappa shape index (κ1) is 45.3. The molecule has 0 unspecified atom stereocenters. The van der Waals surface area contributed by atoms with Crippen LogP contribution in [0.15, 0.2) is 54.6 Å². The van der Waals surface area contributed by atoms with Crippen LogP contribution >= 0.6 is 23.5 Å². The second-order valence-corrected chi connectivity index (χ2v) is 13.9. The summed E-state index contributed by atoms with van der Waals surface area (Å²) in [6.07, 6.45) is 1.52. The Hall–Kier alpha value is -6.41. The number of hydrogen-bond acceptors (Lipinski definition) is 17. The van der Waals surface area contributed by atoms with Gasteiger partial charge in [0.15, 0.2) is 29.6 Å². The summed E-state index contributed by atoms with van der Waals surface area (Å²) in [5.41, 5.74) is 2.38. The molecule has 18 nitrogen and oxygen atoms in total. The van der Waals surface area contributed by atoms with Gasteiger partial charge < -0.3 is 28.4 Å². The van der Waals surface area contributed by atoms with Gasteiger partial charge in [0.05, 0.1) is 45.4 Å². The Morgan fingerprint density at radius 2 is 0.966 bits per heavy atom. The molecule has 3 aliphatic heterocycles. The van der Waals surface area contributed by atoms with Crippen molar-refractivity contribution in [2.45, 2.75) is 6.92 Å². The molecule has 59 heavy (non-hydrogen) atoms. The van der Waals surface area contributed by atoms with Crippen LogP contribution in [0, 0.1) is 6.92 Å². The predicted octanol–water partition coefficient (Wildman–Crippen LogP) is 4.33. The molecule has 6 rings (SSSR count). The number of cyclic esters (lactones) is 1. The molecule has 0 radical (unpaired) electrons. The second kappa shape index (κ2) is 22.5. The van der Waals surface area contributed by atoms with E-state index in [1.165, 1.54) is 25.2 Å². The van der Waals surface area contributed by atoms with Crippen molar-refractivity contribution >= 4 is 76.7 Å². The zero-order valence-electron chi connectivity index (χ0n) is 32.1. The molecule has 0 bridgehead atoms. The minimum Gasteiger partial charge on any atom is -0.493 e. The summed E-state index contributed by atoms with van der Waals surface area (Å²) >= 11 is 2.00. The van der Waals surface area contributed by atoms with E-state index in [1.807, 2.05) is 6.92 Å². The number of carbonyl (C=O) groups is 9. The monoisotopic (exact) mass is 853 g/mol. The summed E-state index contributed by atoms with van der Waals surface area (Å²) in [7, 11) is 2.93. The molecular weight excluding hydrogens is 815 g/mol. The standard InChI is InChI=1S/C13H13NO6.C13H13NO5S.C13H13NO4S/c2*1-18-11-6-9(7-15)2-3-10(11)19-5-4-14-12(16)8-20-13(14)17;1-9-6-10(7-15)2-3-11(9)18-5-4-14-12(16)8-19-13(14)17/h2*2-3,6-7H,4-5,8H2,1H3;2-3,6-7H,4-5,8H2,1H3. The molecule has 312 valence electrons. The molecule has 0 N–H and O–H groups in total. The Morgan fingerprint density at radius 1 is 0.559 bits per heavy atom. The van der Waals surface area contributed by atoms with Gasteiger partial charge >= 0.3 is 6.09 Å². The van der Waals surface area contributed by atoms with E-state index in [0.717, 1.165) is 45.2 Å². The van der Waals surface area contributed by atoms with E-state index in [2.05, 4.69) is 4.74 Å². The molecule has 0 aromatic heterocycles. The molecule has 20 heteroatoms. The summed E-state index contributed by atoms with van der Waals surface area (Å²) in [6.45, 7) is 2.69. The van der Waals surface area contributed by atoms with Crippen LogP contribution in [0.3, 0.4) is 0 Å². The Morgan fingerprint density at radius 3 is 1.32 bits per heavy atom. The number of imide groups is 3. The van der Waals surface area contributed by atoms with E-state index in [0.29, 0.717) is 58.0 Å². The van der Waals surface area contributed by atoms with E-state index in [-0.39, 0.29) is 85.8 Å². The van der Waals surface area contributed by atoms with Gasteiger partial charge in [0, 0.05) is 16.7 Å². The van der Waals surface area contributed by atoms with Crippen molar-refractivity contribution < 1.29 is 71.6 Å². The summed E-state index contributed by atoms with van der Waals surface area (Å²) in [5.74, 6) is 2.02. The van der Waals surface area contributed by atoms with Crippen molar-refractivity contribution in [2.75, 3.05) is 71.8 Å². The van der Waals surface area contributed by atoms with E-state index >= 15 is 0 Å². The maximum Gasteiger partial charge on any atom is 0.417 e. The molecule has 3 heterocycles. The van der Waals surface area contributed by atoms with Crippen LogP contribution in [-0.2, 0) is 19.1 Å². The van der Waals surface area contributed by atoms with Crippen LogP contribution in [0.4, 0.5) is 14.4 Å². The zero-order chi connectivity index (χ0) is 42.9. The van der Waals surface area contributed by atoms with Crippen molar-refractivity contribution in [1.82, 2.24) is 14.7 Å². The molecule has 3 aliphatic rings. The second-order valence-electron chi connectivity index (χ2n) is 12.0. The zero-order valence-corrected chi connectivity index (χ0v) is 33.7. The molecule has 3 fully saturated rings. The lowest BCUT2D eigenvalue weighted by Crippen LogP contribution is -2.33. The van der Waals surface area contributed by atoms with Crippen LogP contribution in [0.5, 0.6) is 28.7 Å². The summed E-state index contributed by atoms with van der Waals surface area (Å²) < 4.78 is 31.2. The van der Waals surface area contributed by atoms with Gasteiger partial charge in [0.25, 0.3) is 16.4 Å². The van der Waals surface area contributed by atoms with Gasteiger partial charge in [0.2, 0.25) is 11.8 Å². The lowest BCUT2D eigenvalue weighted by Gasteiger charge is -2.15. The van der Waals surface area contributed by atoms with Gasteiger partial charge in [-0.3, -0.25) is 48.2 Å². The number of nitrogens with zero attached hydrogens (tertiary/aromatic N) is 3. The molecule has 3 saturated heterocycles. The molecule has 0 aliphatic carbocycles. The minimum atomic E-state index is -0.665. The average Bonchev–Trinajstić information content (AvgIpc) is 3.87. The smallest absolute Gasteiger partial charge is 0.417 e. The molecule has 0 saturated carbocycles. The van der Waals surface area contributed by atoms with E-state index in [4.69, 9.17) is 23.7 Å². The highest BCUT2D eigenvalue weighted by Gasteiger charge is 2.31. The fraction of sp³-hybridized carbons (Fsp3) is 0.308. The highest BCUT2D eigenvalue weighted by Crippen LogP contribution is 2.29. The van der Waals surface area contributed by atoms with Crippen molar-refractivity contribution in [1.29, 1.82) is 0 Å². The number of ether oxygens (including phenoxy) is 6. The number of benzene rings is 3. The summed E-state index contributed by atoms with van der Waals surface area (Å²) in [4.78, 5) is 103. The number of thioether (sulfide) groups is 2. The van der Waals surface area contributed by atoms with Crippen LogP contribution in [0.2, 0.25) is 0 Å².